The number of rotatable bonds is 6. The van der Waals surface area contributed by atoms with E-state index >= 15 is 0 Å². The number of fused-ring (bicyclic) bond motifs is 3. The summed E-state index contributed by atoms with van der Waals surface area (Å²) in [6.07, 6.45) is 4.85. The summed E-state index contributed by atoms with van der Waals surface area (Å²) in [6.45, 7) is 7.25. The number of aryl methyl sites for hydroxylation is 1. The van der Waals surface area contributed by atoms with Gasteiger partial charge in [-0.3, -0.25) is 14.3 Å². The van der Waals surface area contributed by atoms with Crippen molar-refractivity contribution < 1.29 is 9.15 Å². The summed E-state index contributed by atoms with van der Waals surface area (Å²) >= 11 is 3.39. The highest BCUT2D eigenvalue weighted by Gasteiger charge is 2.25. The van der Waals surface area contributed by atoms with Crippen LogP contribution in [0.3, 0.4) is 0 Å². The molecule has 1 fully saturated rings. The van der Waals surface area contributed by atoms with Crippen LogP contribution in [0.15, 0.2) is 32.8 Å². The lowest BCUT2D eigenvalue weighted by atomic mass is 9.89. The van der Waals surface area contributed by atoms with Gasteiger partial charge in [-0.25, -0.2) is 4.98 Å². The van der Waals surface area contributed by atoms with Crippen LogP contribution in [-0.4, -0.2) is 53.1 Å². The Morgan fingerprint density at radius 1 is 1.33 bits per heavy atom. The molecule has 1 aliphatic carbocycles. The summed E-state index contributed by atoms with van der Waals surface area (Å²) in [5.74, 6) is 2.36. The lowest BCUT2D eigenvalue weighted by molar-refractivity contribution is 0.0410. The second kappa shape index (κ2) is 8.86. The van der Waals surface area contributed by atoms with E-state index in [2.05, 4.69) is 11.8 Å². The molecule has 0 aromatic carbocycles. The zero-order chi connectivity index (χ0) is 20.5. The molecule has 0 amide bonds. The molecule has 30 heavy (non-hydrogen) atoms. The van der Waals surface area contributed by atoms with Crippen molar-refractivity contribution in [3.63, 3.8) is 0 Å². The maximum Gasteiger partial charge on any atom is 0.263 e. The van der Waals surface area contributed by atoms with E-state index in [1.165, 1.54) is 10.4 Å². The molecule has 5 rings (SSSR count). The molecular weight excluding hydrogens is 418 g/mol. The third-order valence-corrected chi connectivity index (χ3v) is 8.12. The minimum atomic E-state index is 0.0809. The molecule has 1 aliphatic heterocycles. The minimum Gasteiger partial charge on any atom is -0.467 e. The number of thiophene rings is 1. The largest absolute Gasteiger partial charge is 0.467 e. The van der Waals surface area contributed by atoms with Crippen LogP contribution >= 0.6 is 23.1 Å². The van der Waals surface area contributed by atoms with Crippen LogP contribution in [0.1, 0.15) is 29.5 Å². The molecule has 1 unspecified atom stereocenters. The number of aromatic nitrogens is 2. The van der Waals surface area contributed by atoms with Gasteiger partial charge in [0.05, 0.1) is 31.4 Å². The summed E-state index contributed by atoms with van der Waals surface area (Å²) < 4.78 is 12.8. The molecule has 3 aromatic rings. The summed E-state index contributed by atoms with van der Waals surface area (Å²) in [5, 5.41) is 1.63. The van der Waals surface area contributed by atoms with Crippen LogP contribution in [0.4, 0.5) is 0 Å². The topological polar surface area (TPSA) is 60.5 Å². The van der Waals surface area contributed by atoms with E-state index in [0.29, 0.717) is 12.5 Å². The van der Waals surface area contributed by atoms with Gasteiger partial charge in [0.15, 0.2) is 5.16 Å². The van der Waals surface area contributed by atoms with Gasteiger partial charge in [-0.15, -0.1) is 11.3 Å². The molecule has 0 saturated carbocycles. The normalized spacial score (nSPS) is 20.0. The standard InChI is InChI=1S/C22H27N3O3S2/c1-15-4-5-17-18(13-15)30-20-19(17)21(26)25(14-16-3-2-9-28-16)22(23-20)29-12-8-24-6-10-27-11-7-24/h2-3,9,15H,4-8,10-14H2,1H3. The maximum absolute atomic E-state index is 13.6. The first-order valence-electron chi connectivity index (χ1n) is 10.7. The number of thioether (sulfide) groups is 1. The van der Waals surface area contributed by atoms with Gasteiger partial charge in [0.2, 0.25) is 0 Å². The fraction of sp³-hybridized carbons (Fsp3) is 0.545. The predicted octanol–water partition coefficient (Wildman–Crippen LogP) is 3.65. The quantitative estimate of drug-likeness (QED) is 0.426. The Hall–Kier alpha value is -1.61. The molecule has 6 nitrogen and oxygen atoms in total. The Morgan fingerprint density at radius 2 is 2.20 bits per heavy atom. The van der Waals surface area contributed by atoms with Crippen molar-refractivity contribution in [2.75, 3.05) is 38.6 Å². The first kappa shape index (κ1) is 20.3. The van der Waals surface area contributed by atoms with E-state index in [1.807, 2.05) is 16.7 Å². The van der Waals surface area contributed by atoms with Crippen molar-refractivity contribution in [2.45, 2.75) is 37.9 Å². The molecule has 8 heteroatoms. The van der Waals surface area contributed by atoms with Crippen molar-refractivity contribution >= 4 is 33.3 Å². The van der Waals surface area contributed by atoms with Crippen LogP contribution in [-0.2, 0) is 24.1 Å². The van der Waals surface area contributed by atoms with Crippen LogP contribution in [0.5, 0.6) is 0 Å². The SMILES string of the molecule is CC1CCc2c(sc3nc(SCCN4CCOCC4)n(Cc4ccco4)c(=O)c23)C1. The van der Waals surface area contributed by atoms with Gasteiger partial charge in [0.25, 0.3) is 5.56 Å². The summed E-state index contributed by atoms with van der Waals surface area (Å²) in [4.78, 5) is 23.3. The molecule has 0 radical (unpaired) electrons. The second-order valence-electron chi connectivity index (χ2n) is 8.20. The van der Waals surface area contributed by atoms with Crippen LogP contribution < -0.4 is 5.56 Å². The summed E-state index contributed by atoms with van der Waals surface area (Å²) in [6, 6.07) is 3.79. The van der Waals surface area contributed by atoms with Crippen molar-refractivity contribution in [1.29, 1.82) is 0 Å². The van der Waals surface area contributed by atoms with Crippen LogP contribution in [0, 0.1) is 5.92 Å². The van der Waals surface area contributed by atoms with Crippen molar-refractivity contribution in [3.8, 4) is 0 Å². The Bertz CT molecular complexity index is 1070. The smallest absolute Gasteiger partial charge is 0.263 e. The van der Waals surface area contributed by atoms with E-state index in [9.17, 15) is 4.79 Å². The van der Waals surface area contributed by atoms with E-state index in [1.54, 1.807) is 29.4 Å². The summed E-state index contributed by atoms with van der Waals surface area (Å²) in [7, 11) is 0. The first-order chi connectivity index (χ1) is 14.7. The Kier molecular flexibility index (Phi) is 6.00. The lowest BCUT2D eigenvalue weighted by Gasteiger charge is -2.26. The Morgan fingerprint density at radius 3 is 3.00 bits per heavy atom. The molecule has 2 aliphatic rings. The average Bonchev–Trinajstić information content (AvgIpc) is 3.38. The summed E-state index contributed by atoms with van der Waals surface area (Å²) in [5.41, 5.74) is 1.32. The maximum atomic E-state index is 13.6. The van der Waals surface area contributed by atoms with Crippen molar-refractivity contribution in [1.82, 2.24) is 14.5 Å². The zero-order valence-corrected chi connectivity index (χ0v) is 18.9. The fourth-order valence-electron chi connectivity index (χ4n) is 4.30. The fourth-order valence-corrected chi connectivity index (χ4v) is 6.73. The van der Waals surface area contributed by atoms with Crippen molar-refractivity contribution in [2.24, 2.45) is 5.92 Å². The number of ether oxygens (including phenoxy) is 1. The third kappa shape index (κ3) is 4.10. The van der Waals surface area contributed by atoms with Crippen molar-refractivity contribution in [3.05, 3.63) is 45.0 Å². The van der Waals surface area contributed by atoms with Gasteiger partial charge in [-0.1, -0.05) is 18.7 Å². The van der Waals surface area contributed by atoms with Gasteiger partial charge in [-0.05, 0) is 42.9 Å². The molecule has 1 atom stereocenters. The molecule has 0 spiro atoms. The highest BCUT2D eigenvalue weighted by Crippen LogP contribution is 2.36. The van der Waals surface area contributed by atoms with E-state index < -0.39 is 0 Å². The molecule has 0 bridgehead atoms. The van der Waals surface area contributed by atoms with E-state index in [4.69, 9.17) is 14.1 Å². The lowest BCUT2D eigenvalue weighted by Crippen LogP contribution is -2.37. The first-order valence-corrected chi connectivity index (χ1v) is 12.5. The van der Waals surface area contributed by atoms with Crippen LogP contribution in [0.25, 0.3) is 10.2 Å². The average molecular weight is 446 g/mol. The highest BCUT2D eigenvalue weighted by atomic mass is 32.2. The predicted molar refractivity (Wildman–Crippen MR) is 121 cm³/mol. The van der Waals surface area contributed by atoms with E-state index in [-0.39, 0.29) is 5.56 Å². The van der Waals surface area contributed by atoms with Gasteiger partial charge in [0.1, 0.15) is 10.6 Å². The van der Waals surface area contributed by atoms with Crippen LogP contribution in [0.2, 0.25) is 0 Å². The number of hydrogen-bond acceptors (Lipinski definition) is 7. The Balaban J connectivity index is 1.48. The third-order valence-electron chi connectivity index (χ3n) is 6.02. The molecule has 1 saturated heterocycles. The van der Waals surface area contributed by atoms with E-state index in [0.717, 1.165) is 79.0 Å². The van der Waals surface area contributed by atoms with Gasteiger partial charge >= 0.3 is 0 Å². The molecular formula is C22H27N3O3S2. The molecule has 160 valence electrons. The molecule has 4 heterocycles. The van der Waals surface area contributed by atoms with Gasteiger partial charge in [0, 0.05) is 30.3 Å². The highest BCUT2D eigenvalue weighted by molar-refractivity contribution is 7.99. The second-order valence-corrected chi connectivity index (χ2v) is 10.3. The number of nitrogens with zero attached hydrogens (tertiary/aromatic N) is 3. The molecule has 0 N–H and O–H groups in total. The zero-order valence-electron chi connectivity index (χ0n) is 17.3. The Labute approximate surface area is 184 Å². The number of furan rings is 1. The molecule has 3 aromatic heterocycles. The van der Waals surface area contributed by atoms with Gasteiger partial charge < -0.3 is 9.15 Å². The number of hydrogen-bond donors (Lipinski definition) is 0. The monoisotopic (exact) mass is 445 g/mol. The minimum absolute atomic E-state index is 0.0809. The van der Waals surface area contributed by atoms with Gasteiger partial charge in [-0.2, -0.15) is 0 Å². The number of morpholine rings is 1.